The molecule has 6 atom stereocenters. The van der Waals surface area contributed by atoms with Crippen molar-refractivity contribution < 1.29 is 33.4 Å². The second-order valence-corrected chi connectivity index (χ2v) is 16.6. The Kier molecular flexibility index (Phi) is 13.4. The third kappa shape index (κ3) is 9.60. The Morgan fingerprint density at radius 3 is 1.61 bits per heavy atom. The van der Waals surface area contributed by atoms with Crippen LogP contribution in [-0.4, -0.2) is 105 Å². The molecule has 0 unspecified atom stereocenters. The standard InChI is InChI=1S/C46H56N8O7/c1-27(2)39(51-45(57)59-5)43(55)53-28(3)7-19-37(53)41-47-25-35(49-41)32-15-11-30(12-16-32)9-10-31-13-17-33(18-14-31)36-26-48-42(50-36)38-20-8-29(4)54(38)44(56)40(52-46(58)60-6)34-21-23-61-24-22-34/h11-18,25-29,34,37-40H,7-8,19-24H2,1-6H3,(H,47,49)(H,48,50)(H,51,57)(H,52,58)/t28-,29-,37-,38+,39-,40+/m0/s1. The van der Waals surface area contributed by atoms with E-state index >= 15 is 0 Å². The number of aromatic amines is 2. The Hall–Kier alpha value is -6.14. The van der Waals surface area contributed by atoms with Crippen LogP contribution in [0.2, 0.25) is 0 Å². The first-order valence-electron chi connectivity index (χ1n) is 21.2. The number of nitrogens with one attached hydrogen (secondary N) is 4. The van der Waals surface area contributed by atoms with Gasteiger partial charge in [-0.25, -0.2) is 19.6 Å². The van der Waals surface area contributed by atoms with Crippen LogP contribution in [0.3, 0.4) is 0 Å². The number of rotatable bonds is 10. The fraction of sp³-hybridized carbons (Fsp3) is 0.478. The summed E-state index contributed by atoms with van der Waals surface area (Å²) >= 11 is 0. The fourth-order valence-electron chi connectivity index (χ4n) is 8.80. The maximum atomic E-state index is 14.1. The lowest BCUT2D eigenvalue weighted by Gasteiger charge is -2.36. The minimum absolute atomic E-state index is 0.00406. The number of alkyl carbamates (subject to hydrolysis) is 2. The lowest BCUT2D eigenvalue weighted by Crippen LogP contribution is -2.54. The summed E-state index contributed by atoms with van der Waals surface area (Å²) < 4.78 is 15.2. The van der Waals surface area contributed by atoms with Gasteiger partial charge in [-0.15, -0.1) is 0 Å². The Bertz CT molecular complexity index is 2230. The van der Waals surface area contributed by atoms with Crippen molar-refractivity contribution in [3.63, 3.8) is 0 Å². The summed E-state index contributed by atoms with van der Waals surface area (Å²) in [6.07, 6.45) is 6.88. The molecule has 322 valence electrons. The quantitative estimate of drug-likeness (QED) is 0.130. The molecule has 4 aromatic rings. The van der Waals surface area contributed by atoms with Crippen molar-refractivity contribution in [3.8, 4) is 34.4 Å². The molecule has 0 radical (unpaired) electrons. The first-order valence-corrected chi connectivity index (χ1v) is 21.2. The van der Waals surface area contributed by atoms with Gasteiger partial charge in [0.05, 0.1) is 50.1 Å². The first-order chi connectivity index (χ1) is 29.4. The maximum absolute atomic E-state index is 14.1. The van der Waals surface area contributed by atoms with Gasteiger partial charge < -0.3 is 44.6 Å². The number of imidazole rings is 2. The SMILES string of the molecule is COC(=O)N[C@H](C(=O)N1[C@@H](C)CC[C@H]1c1ncc(-c2ccc(C#Cc3ccc(-c4cnc([C@H]5CC[C@H](C)N5C(=O)[C@H](NC(=O)OC)C5CCOCC5)[nH]4)cc3)cc2)[nH]1)C(C)C. The van der Waals surface area contributed by atoms with Crippen molar-refractivity contribution in [3.05, 3.63) is 83.7 Å². The number of hydrogen-bond acceptors (Lipinski definition) is 9. The summed E-state index contributed by atoms with van der Waals surface area (Å²) in [5, 5.41) is 5.53. The van der Waals surface area contributed by atoms with E-state index in [0.29, 0.717) is 37.7 Å². The molecule has 0 bridgehead atoms. The number of methoxy groups -OCH3 is 2. The molecule has 3 saturated heterocycles. The molecule has 2 aromatic heterocycles. The second kappa shape index (κ2) is 19.1. The average Bonchev–Trinajstić information content (AvgIpc) is 4.11. The summed E-state index contributed by atoms with van der Waals surface area (Å²) in [5.41, 5.74) is 5.28. The van der Waals surface area contributed by atoms with Gasteiger partial charge in [-0.05, 0) is 99.6 Å². The largest absolute Gasteiger partial charge is 0.453 e. The summed E-state index contributed by atoms with van der Waals surface area (Å²) in [6, 6.07) is 14.0. The lowest BCUT2D eigenvalue weighted by molar-refractivity contribution is -0.139. The molecule has 0 saturated carbocycles. The minimum Gasteiger partial charge on any atom is -0.453 e. The molecule has 15 heteroatoms. The van der Waals surface area contributed by atoms with E-state index in [2.05, 4.69) is 37.4 Å². The zero-order chi connectivity index (χ0) is 43.2. The highest BCUT2D eigenvalue weighted by atomic mass is 16.5. The average molecular weight is 833 g/mol. The minimum atomic E-state index is -0.708. The van der Waals surface area contributed by atoms with Crippen LogP contribution in [0.5, 0.6) is 0 Å². The molecule has 0 spiro atoms. The van der Waals surface area contributed by atoms with Gasteiger partial charge in [0, 0.05) is 36.4 Å². The van der Waals surface area contributed by atoms with Crippen LogP contribution in [0.15, 0.2) is 60.9 Å². The molecule has 0 aliphatic carbocycles. The van der Waals surface area contributed by atoms with Crippen LogP contribution in [0.1, 0.15) is 101 Å². The summed E-state index contributed by atoms with van der Waals surface area (Å²) in [6.45, 7) is 8.97. The van der Waals surface area contributed by atoms with Gasteiger partial charge in [-0.1, -0.05) is 50.0 Å². The number of aromatic nitrogens is 4. The van der Waals surface area contributed by atoms with Gasteiger partial charge in [-0.2, -0.15) is 0 Å². The number of carbonyl (C=O) groups is 4. The van der Waals surface area contributed by atoms with Crippen LogP contribution in [0.25, 0.3) is 22.5 Å². The van der Waals surface area contributed by atoms with Gasteiger partial charge in [-0.3, -0.25) is 9.59 Å². The molecule has 3 aliphatic rings. The number of nitrogens with zero attached hydrogens (tertiary/aromatic N) is 4. The first kappa shape index (κ1) is 43.0. The smallest absolute Gasteiger partial charge is 0.407 e. The van der Waals surface area contributed by atoms with E-state index < -0.39 is 24.3 Å². The molecule has 3 fully saturated rings. The monoisotopic (exact) mass is 832 g/mol. The zero-order valence-corrected chi connectivity index (χ0v) is 35.7. The van der Waals surface area contributed by atoms with Crippen LogP contribution in [0.4, 0.5) is 9.59 Å². The highest BCUT2D eigenvalue weighted by Crippen LogP contribution is 2.38. The predicted molar refractivity (Wildman–Crippen MR) is 228 cm³/mol. The maximum Gasteiger partial charge on any atom is 0.407 e. The summed E-state index contributed by atoms with van der Waals surface area (Å²) in [7, 11) is 2.59. The molecular formula is C46H56N8O7. The van der Waals surface area contributed by atoms with E-state index in [1.165, 1.54) is 14.2 Å². The number of benzene rings is 2. The Morgan fingerprint density at radius 1 is 0.689 bits per heavy atom. The number of hydrogen-bond donors (Lipinski definition) is 4. The highest BCUT2D eigenvalue weighted by Gasteiger charge is 2.44. The van der Waals surface area contributed by atoms with E-state index in [4.69, 9.17) is 19.2 Å². The second-order valence-electron chi connectivity index (χ2n) is 16.6. The van der Waals surface area contributed by atoms with Crippen LogP contribution >= 0.6 is 0 Å². The Morgan fingerprint density at radius 2 is 1.15 bits per heavy atom. The molecule has 7 rings (SSSR count). The lowest BCUT2D eigenvalue weighted by atomic mass is 9.90. The molecule has 4 amide bonds. The molecule has 15 nitrogen and oxygen atoms in total. The fourth-order valence-corrected chi connectivity index (χ4v) is 8.80. The zero-order valence-electron chi connectivity index (χ0n) is 35.7. The number of likely N-dealkylation sites (tertiary alicyclic amines) is 2. The third-order valence-electron chi connectivity index (χ3n) is 12.3. The van der Waals surface area contributed by atoms with Crippen molar-refractivity contribution in [2.75, 3.05) is 27.4 Å². The van der Waals surface area contributed by atoms with Crippen LogP contribution < -0.4 is 10.6 Å². The molecule has 2 aromatic carbocycles. The number of ether oxygens (including phenoxy) is 3. The van der Waals surface area contributed by atoms with E-state index in [0.717, 1.165) is 59.3 Å². The Labute approximate surface area is 356 Å². The third-order valence-corrected chi connectivity index (χ3v) is 12.3. The van der Waals surface area contributed by atoms with Gasteiger partial charge in [0.25, 0.3) is 0 Å². The number of carbonyl (C=O) groups excluding carboxylic acids is 4. The van der Waals surface area contributed by atoms with Crippen molar-refractivity contribution in [2.24, 2.45) is 11.8 Å². The summed E-state index contributed by atoms with van der Waals surface area (Å²) in [5.74, 6) is 7.51. The molecule has 61 heavy (non-hydrogen) atoms. The van der Waals surface area contributed by atoms with E-state index in [1.807, 2.05) is 86.0 Å². The molecule has 4 N–H and O–H groups in total. The highest BCUT2D eigenvalue weighted by molar-refractivity contribution is 5.87. The van der Waals surface area contributed by atoms with E-state index in [-0.39, 0.29) is 47.8 Å². The predicted octanol–water partition coefficient (Wildman–Crippen LogP) is 6.50. The normalized spacial score (nSPS) is 21.4. The van der Waals surface area contributed by atoms with Gasteiger partial charge in [0.15, 0.2) is 0 Å². The topological polar surface area (TPSA) is 184 Å². The molecule has 3 aliphatic heterocycles. The van der Waals surface area contributed by atoms with Gasteiger partial charge in [0.2, 0.25) is 11.8 Å². The molecule has 5 heterocycles. The van der Waals surface area contributed by atoms with Crippen LogP contribution in [-0.2, 0) is 23.8 Å². The van der Waals surface area contributed by atoms with Crippen molar-refractivity contribution in [2.45, 2.75) is 102 Å². The van der Waals surface area contributed by atoms with Crippen LogP contribution in [0, 0.1) is 23.7 Å². The molecular weight excluding hydrogens is 777 g/mol. The number of amides is 4. The van der Waals surface area contributed by atoms with Crippen molar-refractivity contribution in [1.82, 2.24) is 40.4 Å². The van der Waals surface area contributed by atoms with E-state index in [1.54, 1.807) is 12.4 Å². The van der Waals surface area contributed by atoms with E-state index in [9.17, 15) is 19.2 Å². The van der Waals surface area contributed by atoms with Gasteiger partial charge >= 0.3 is 12.2 Å². The number of H-pyrrole nitrogens is 2. The van der Waals surface area contributed by atoms with Crippen molar-refractivity contribution >= 4 is 24.0 Å². The van der Waals surface area contributed by atoms with Crippen molar-refractivity contribution in [1.29, 1.82) is 0 Å². The Balaban J connectivity index is 0.989. The van der Waals surface area contributed by atoms with Gasteiger partial charge in [0.1, 0.15) is 23.7 Å². The summed E-state index contributed by atoms with van der Waals surface area (Å²) in [4.78, 5) is 72.2.